The fourth-order valence-electron chi connectivity index (χ4n) is 1.96. The molecule has 0 amide bonds. The second-order valence-corrected chi connectivity index (χ2v) is 5.04. The van der Waals surface area contributed by atoms with Crippen LogP contribution in [0.3, 0.4) is 0 Å². The maximum Gasteiger partial charge on any atom is 0.122 e. The van der Waals surface area contributed by atoms with Gasteiger partial charge in [0.05, 0.1) is 6.10 Å². The number of hydrogen-bond acceptors (Lipinski definition) is 3. The van der Waals surface area contributed by atoms with Crippen molar-refractivity contribution in [3.63, 3.8) is 0 Å². The number of rotatable bonds is 8. The van der Waals surface area contributed by atoms with Crippen molar-refractivity contribution in [2.24, 2.45) is 0 Å². The molecule has 0 spiro atoms. The molecule has 21 heavy (non-hydrogen) atoms. The van der Waals surface area contributed by atoms with Gasteiger partial charge in [0.25, 0.3) is 0 Å². The normalized spacial score (nSPS) is 11.9. The number of aliphatic hydroxyl groups excluding tert-OH is 1. The number of aliphatic hydroxyl groups is 1. The molecule has 2 aromatic rings. The second kappa shape index (κ2) is 8.32. The maximum atomic E-state index is 9.27. The van der Waals surface area contributed by atoms with E-state index in [1.165, 1.54) is 5.56 Å². The van der Waals surface area contributed by atoms with Gasteiger partial charge in [0.1, 0.15) is 24.7 Å². The van der Waals surface area contributed by atoms with Crippen molar-refractivity contribution in [1.82, 2.24) is 0 Å². The molecule has 0 aliphatic heterocycles. The van der Waals surface area contributed by atoms with E-state index in [2.05, 4.69) is 0 Å². The van der Waals surface area contributed by atoms with Crippen molar-refractivity contribution in [3.8, 4) is 11.5 Å². The van der Waals surface area contributed by atoms with Gasteiger partial charge in [-0.25, -0.2) is 0 Å². The molecule has 2 aromatic carbocycles. The minimum Gasteiger partial charge on any atom is -0.490 e. The highest BCUT2D eigenvalue weighted by Gasteiger charge is 1.99. The summed E-state index contributed by atoms with van der Waals surface area (Å²) < 4.78 is 11.2. The van der Waals surface area contributed by atoms with Crippen LogP contribution in [0.1, 0.15) is 18.9 Å². The third-order valence-corrected chi connectivity index (χ3v) is 3.14. The van der Waals surface area contributed by atoms with Crippen molar-refractivity contribution >= 4 is 0 Å². The summed E-state index contributed by atoms with van der Waals surface area (Å²) >= 11 is 0. The lowest BCUT2D eigenvalue weighted by Gasteiger charge is -2.09. The number of ether oxygens (including phenoxy) is 2. The van der Waals surface area contributed by atoms with Crippen molar-refractivity contribution < 1.29 is 14.6 Å². The highest BCUT2D eigenvalue weighted by Crippen LogP contribution is 2.14. The Bertz CT molecular complexity index is 506. The first kappa shape index (κ1) is 15.4. The van der Waals surface area contributed by atoms with Crippen LogP contribution in [0.15, 0.2) is 54.6 Å². The van der Waals surface area contributed by atoms with Gasteiger partial charge in [-0.05, 0) is 49.6 Å². The Labute approximate surface area is 126 Å². The van der Waals surface area contributed by atoms with E-state index in [1.807, 2.05) is 61.5 Å². The minimum atomic E-state index is -0.254. The predicted octanol–water partition coefficient (Wildman–Crippen LogP) is 3.46. The number of hydrogen-bond donors (Lipinski definition) is 1. The van der Waals surface area contributed by atoms with Crippen molar-refractivity contribution in [2.75, 3.05) is 13.2 Å². The Morgan fingerprint density at radius 1 is 0.857 bits per heavy atom. The SMILES string of the molecule is CC(O)CCc1ccc(OCCOc2ccccc2)cc1. The molecule has 3 heteroatoms. The molecule has 1 N–H and O–H groups in total. The Morgan fingerprint density at radius 3 is 2.00 bits per heavy atom. The smallest absolute Gasteiger partial charge is 0.122 e. The molecular weight excluding hydrogens is 264 g/mol. The molecular formula is C18H22O3. The average molecular weight is 286 g/mol. The molecule has 0 aromatic heterocycles. The van der Waals surface area contributed by atoms with Crippen LogP contribution in [-0.4, -0.2) is 24.4 Å². The first-order valence-corrected chi connectivity index (χ1v) is 7.32. The minimum absolute atomic E-state index is 0.254. The zero-order valence-electron chi connectivity index (χ0n) is 12.4. The summed E-state index contributed by atoms with van der Waals surface area (Å²) in [4.78, 5) is 0. The summed E-state index contributed by atoms with van der Waals surface area (Å²) in [5, 5.41) is 9.27. The molecule has 0 aliphatic carbocycles. The van der Waals surface area contributed by atoms with E-state index in [9.17, 15) is 5.11 Å². The van der Waals surface area contributed by atoms with E-state index in [0.29, 0.717) is 13.2 Å². The summed E-state index contributed by atoms with van der Waals surface area (Å²) in [5.74, 6) is 1.70. The van der Waals surface area contributed by atoms with Crippen LogP contribution in [0, 0.1) is 0 Å². The summed E-state index contributed by atoms with van der Waals surface area (Å²) in [7, 11) is 0. The Balaban J connectivity index is 1.69. The molecule has 0 bridgehead atoms. The van der Waals surface area contributed by atoms with Gasteiger partial charge < -0.3 is 14.6 Å². The topological polar surface area (TPSA) is 38.7 Å². The fraction of sp³-hybridized carbons (Fsp3) is 0.333. The van der Waals surface area contributed by atoms with Gasteiger partial charge in [0, 0.05) is 0 Å². The van der Waals surface area contributed by atoms with E-state index < -0.39 is 0 Å². The second-order valence-electron chi connectivity index (χ2n) is 5.04. The van der Waals surface area contributed by atoms with Gasteiger partial charge in [-0.2, -0.15) is 0 Å². The zero-order chi connectivity index (χ0) is 14.9. The zero-order valence-corrected chi connectivity index (χ0v) is 12.4. The first-order chi connectivity index (χ1) is 10.2. The van der Waals surface area contributed by atoms with E-state index in [1.54, 1.807) is 0 Å². The van der Waals surface area contributed by atoms with Gasteiger partial charge in [0.15, 0.2) is 0 Å². The molecule has 0 fully saturated rings. The van der Waals surface area contributed by atoms with Crippen LogP contribution in [0.25, 0.3) is 0 Å². The number of para-hydroxylation sites is 1. The highest BCUT2D eigenvalue weighted by molar-refractivity contribution is 5.27. The molecule has 0 heterocycles. The van der Waals surface area contributed by atoms with Crippen molar-refractivity contribution in [1.29, 1.82) is 0 Å². The Kier molecular flexibility index (Phi) is 6.10. The lowest BCUT2D eigenvalue weighted by Crippen LogP contribution is -2.08. The summed E-state index contributed by atoms with van der Waals surface area (Å²) in [6.45, 7) is 2.85. The summed E-state index contributed by atoms with van der Waals surface area (Å²) in [5.41, 5.74) is 1.21. The van der Waals surface area contributed by atoms with E-state index in [0.717, 1.165) is 24.3 Å². The van der Waals surface area contributed by atoms with Gasteiger partial charge in [-0.1, -0.05) is 30.3 Å². The Hall–Kier alpha value is -2.00. The molecule has 0 saturated heterocycles. The molecule has 112 valence electrons. The van der Waals surface area contributed by atoms with E-state index >= 15 is 0 Å². The highest BCUT2D eigenvalue weighted by atomic mass is 16.5. The monoisotopic (exact) mass is 286 g/mol. The van der Waals surface area contributed by atoms with Gasteiger partial charge in [-0.15, -0.1) is 0 Å². The Morgan fingerprint density at radius 2 is 1.43 bits per heavy atom. The number of aryl methyl sites for hydroxylation is 1. The van der Waals surface area contributed by atoms with Crippen molar-refractivity contribution in [3.05, 3.63) is 60.2 Å². The molecule has 0 radical (unpaired) electrons. The van der Waals surface area contributed by atoms with Gasteiger partial charge in [0.2, 0.25) is 0 Å². The molecule has 0 saturated carbocycles. The molecule has 1 atom stereocenters. The van der Waals surface area contributed by atoms with Crippen molar-refractivity contribution in [2.45, 2.75) is 25.9 Å². The maximum absolute atomic E-state index is 9.27. The van der Waals surface area contributed by atoms with Crippen LogP contribution in [-0.2, 0) is 6.42 Å². The lowest BCUT2D eigenvalue weighted by atomic mass is 10.1. The summed E-state index contributed by atoms with van der Waals surface area (Å²) in [6, 6.07) is 17.7. The third-order valence-electron chi connectivity index (χ3n) is 3.14. The van der Waals surface area contributed by atoms with Crippen LogP contribution < -0.4 is 9.47 Å². The van der Waals surface area contributed by atoms with E-state index in [4.69, 9.17) is 9.47 Å². The standard InChI is InChI=1S/C18H22O3/c1-15(19)7-8-16-9-11-18(12-10-16)21-14-13-20-17-5-3-2-4-6-17/h2-6,9-12,15,19H,7-8,13-14H2,1H3. The van der Waals surface area contributed by atoms with E-state index in [-0.39, 0.29) is 6.10 Å². The van der Waals surface area contributed by atoms with Crippen LogP contribution >= 0.6 is 0 Å². The molecule has 3 nitrogen and oxygen atoms in total. The first-order valence-electron chi connectivity index (χ1n) is 7.32. The fourth-order valence-corrected chi connectivity index (χ4v) is 1.96. The predicted molar refractivity (Wildman–Crippen MR) is 83.9 cm³/mol. The van der Waals surface area contributed by atoms with Crippen LogP contribution in [0.2, 0.25) is 0 Å². The molecule has 0 aliphatic rings. The largest absolute Gasteiger partial charge is 0.490 e. The van der Waals surface area contributed by atoms with Gasteiger partial charge >= 0.3 is 0 Å². The third kappa shape index (κ3) is 5.88. The lowest BCUT2D eigenvalue weighted by molar-refractivity contribution is 0.185. The average Bonchev–Trinajstić information content (AvgIpc) is 2.52. The van der Waals surface area contributed by atoms with Crippen LogP contribution in [0.4, 0.5) is 0 Å². The quantitative estimate of drug-likeness (QED) is 0.755. The molecule has 2 rings (SSSR count). The number of benzene rings is 2. The summed E-state index contributed by atoms with van der Waals surface area (Å²) in [6.07, 6.45) is 1.41. The van der Waals surface area contributed by atoms with Gasteiger partial charge in [-0.3, -0.25) is 0 Å². The van der Waals surface area contributed by atoms with Crippen LogP contribution in [0.5, 0.6) is 11.5 Å². The molecule has 1 unspecified atom stereocenters.